The van der Waals surface area contributed by atoms with Gasteiger partial charge in [-0.1, -0.05) is 12.1 Å². The topological polar surface area (TPSA) is 87.9 Å². The summed E-state index contributed by atoms with van der Waals surface area (Å²) in [6.45, 7) is 15.5. The van der Waals surface area contributed by atoms with E-state index in [4.69, 9.17) is 10.5 Å². The van der Waals surface area contributed by atoms with Crippen LogP contribution in [0.15, 0.2) is 24.3 Å². The molecule has 1 aliphatic rings. The minimum absolute atomic E-state index is 0.00873. The van der Waals surface area contributed by atoms with E-state index in [-0.39, 0.29) is 17.9 Å². The molecule has 0 aliphatic carbocycles. The number of anilines is 2. The molecule has 0 unspecified atom stereocenters. The number of nitrogens with zero attached hydrogens (tertiary/aromatic N) is 2. The van der Waals surface area contributed by atoms with Crippen LogP contribution in [0.3, 0.4) is 0 Å². The van der Waals surface area contributed by atoms with Crippen LogP contribution in [-0.2, 0) is 9.59 Å². The van der Waals surface area contributed by atoms with Gasteiger partial charge in [0.25, 0.3) is 5.91 Å². The van der Waals surface area contributed by atoms with Gasteiger partial charge in [-0.2, -0.15) is 0 Å². The SMILES string of the molecule is Cc1cccc(NC(=O)CN2CCC(N(C)C(=O)C(C)(C)Oc3cc(C)c(N)c(C)c3C)CC2)c1C. The summed E-state index contributed by atoms with van der Waals surface area (Å²) in [6.07, 6.45) is 1.63. The largest absolute Gasteiger partial charge is 0.478 e. The predicted molar refractivity (Wildman–Crippen MR) is 147 cm³/mol. The average Bonchev–Trinajstić information content (AvgIpc) is 2.83. The molecule has 1 saturated heterocycles. The molecule has 0 saturated carbocycles. The molecule has 0 radical (unpaired) electrons. The second-order valence-electron chi connectivity index (χ2n) is 10.7. The number of nitrogen functional groups attached to an aromatic ring is 1. The summed E-state index contributed by atoms with van der Waals surface area (Å²) < 4.78 is 6.26. The second-order valence-corrected chi connectivity index (χ2v) is 10.7. The Labute approximate surface area is 216 Å². The highest BCUT2D eigenvalue weighted by atomic mass is 16.5. The summed E-state index contributed by atoms with van der Waals surface area (Å²) in [6, 6.07) is 7.95. The Morgan fingerprint density at radius 3 is 2.33 bits per heavy atom. The normalized spacial score (nSPS) is 15.0. The van der Waals surface area contributed by atoms with Crippen molar-refractivity contribution < 1.29 is 14.3 Å². The van der Waals surface area contributed by atoms with E-state index in [1.54, 1.807) is 0 Å². The lowest BCUT2D eigenvalue weighted by Gasteiger charge is -2.39. The lowest BCUT2D eigenvalue weighted by atomic mass is 9.99. The number of hydrogen-bond donors (Lipinski definition) is 2. The smallest absolute Gasteiger partial charge is 0.266 e. The van der Waals surface area contributed by atoms with Crippen LogP contribution in [-0.4, -0.2) is 59.9 Å². The molecule has 0 bridgehead atoms. The number of hydrogen-bond acceptors (Lipinski definition) is 5. The summed E-state index contributed by atoms with van der Waals surface area (Å²) in [5.41, 5.74) is 11.9. The van der Waals surface area contributed by atoms with Gasteiger partial charge in [0.15, 0.2) is 5.60 Å². The van der Waals surface area contributed by atoms with Crippen molar-refractivity contribution in [2.75, 3.05) is 37.7 Å². The summed E-state index contributed by atoms with van der Waals surface area (Å²) in [7, 11) is 1.85. The van der Waals surface area contributed by atoms with Gasteiger partial charge >= 0.3 is 0 Å². The molecule has 7 nitrogen and oxygen atoms in total. The van der Waals surface area contributed by atoms with Crippen LogP contribution in [0, 0.1) is 34.6 Å². The van der Waals surface area contributed by atoms with Gasteiger partial charge in [-0.15, -0.1) is 0 Å². The summed E-state index contributed by atoms with van der Waals surface area (Å²) in [5.74, 6) is 0.626. The number of benzene rings is 2. The molecular formula is C29H42N4O3. The van der Waals surface area contributed by atoms with Crippen molar-refractivity contribution in [2.24, 2.45) is 0 Å². The molecule has 36 heavy (non-hydrogen) atoms. The van der Waals surface area contributed by atoms with Gasteiger partial charge in [0.1, 0.15) is 5.75 Å². The summed E-state index contributed by atoms with van der Waals surface area (Å²) >= 11 is 0. The van der Waals surface area contributed by atoms with Gasteiger partial charge in [-0.3, -0.25) is 14.5 Å². The summed E-state index contributed by atoms with van der Waals surface area (Å²) in [5, 5.41) is 3.04. The van der Waals surface area contributed by atoms with Crippen molar-refractivity contribution in [2.45, 2.75) is 73.0 Å². The van der Waals surface area contributed by atoms with Crippen molar-refractivity contribution in [3.63, 3.8) is 0 Å². The van der Waals surface area contributed by atoms with E-state index in [0.29, 0.717) is 12.3 Å². The zero-order chi connectivity index (χ0) is 26.8. The monoisotopic (exact) mass is 494 g/mol. The fourth-order valence-electron chi connectivity index (χ4n) is 4.82. The van der Waals surface area contributed by atoms with Crippen LogP contribution in [0.4, 0.5) is 11.4 Å². The molecule has 1 aliphatic heterocycles. The van der Waals surface area contributed by atoms with Crippen LogP contribution < -0.4 is 15.8 Å². The Hall–Kier alpha value is -3.06. The lowest BCUT2D eigenvalue weighted by molar-refractivity contribution is -0.147. The first-order valence-electron chi connectivity index (χ1n) is 12.7. The maximum Gasteiger partial charge on any atom is 0.266 e. The molecule has 1 fully saturated rings. The number of amides is 2. The van der Waals surface area contributed by atoms with Crippen molar-refractivity contribution in [3.05, 3.63) is 52.1 Å². The Bertz CT molecular complexity index is 1130. The van der Waals surface area contributed by atoms with Crippen LogP contribution >= 0.6 is 0 Å². The number of rotatable bonds is 7. The number of carbonyl (C=O) groups is 2. The van der Waals surface area contributed by atoms with Crippen molar-refractivity contribution in [1.29, 1.82) is 0 Å². The third kappa shape index (κ3) is 6.01. The average molecular weight is 495 g/mol. The number of ether oxygens (including phenoxy) is 1. The molecule has 196 valence electrons. The highest BCUT2D eigenvalue weighted by Gasteiger charge is 2.37. The van der Waals surface area contributed by atoms with Crippen molar-refractivity contribution in [1.82, 2.24) is 9.80 Å². The number of nitrogens with one attached hydrogen (secondary N) is 1. The van der Waals surface area contributed by atoms with Crippen LogP contribution in [0.1, 0.15) is 54.5 Å². The first-order chi connectivity index (χ1) is 16.8. The number of aryl methyl sites for hydroxylation is 2. The van der Waals surface area contributed by atoms with E-state index in [1.807, 2.05) is 84.7 Å². The standard InChI is InChI=1S/C29H42N4O3/c1-18-10-9-11-24(20(18)3)31-26(34)17-33-14-12-23(13-15-33)32(8)28(35)29(6,7)36-25-16-19(2)27(30)22(5)21(25)4/h9-11,16,23H,12-15,17,30H2,1-8H3,(H,31,34). The van der Waals surface area contributed by atoms with Crippen LogP contribution in [0.5, 0.6) is 5.75 Å². The Kier molecular flexibility index (Phi) is 8.34. The predicted octanol–water partition coefficient (Wildman–Crippen LogP) is 4.53. The van der Waals surface area contributed by atoms with Crippen molar-refractivity contribution >= 4 is 23.2 Å². The molecule has 2 amide bonds. The van der Waals surface area contributed by atoms with Gasteiger partial charge in [0, 0.05) is 37.6 Å². The van der Waals surface area contributed by atoms with Crippen LogP contribution in [0.2, 0.25) is 0 Å². The van der Waals surface area contributed by atoms with E-state index in [1.165, 1.54) is 0 Å². The van der Waals surface area contributed by atoms with E-state index in [9.17, 15) is 9.59 Å². The molecule has 2 aromatic rings. The Morgan fingerprint density at radius 2 is 1.69 bits per heavy atom. The molecule has 0 spiro atoms. The van der Waals surface area contributed by atoms with E-state index in [0.717, 1.165) is 65.1 Å². The number of likely N-dealkylation sites (N-methyl/N-ethyl adjacent to an activating group) is 1. The molecule has 3 N–H and O–H groups in total. The first-order valence-corrected chi connectivity index (χ1v) is 12.7. The van der Waals surface area contributed by atoms with Gasteiger partial charge in [0.05, 0.1) is 6.54 Å². The van der Waals surface area contributed by atoms with Gasteiger partial charge in [-0.05, 0) is 101 Å². The van der Waals surface area contributed by atoms with Crippen LogP contribution in [0.25, 0.3) is 0 Å². The Morgan fingerprint density at radius 1 is 1.06 bits per heavy atom. The molecule has 7 heteroatoms. The van der Waals surface area contributed by atoms with Gasteiger partial charge in [0.2, 0.25) is 5.91 Å². The lowest BCUT2D eigenvalue weighted by Crippen LogP contribution is -2.54. The maximum atomic E-state index is 13.4. The molecular weight excluding hydrogens is 452 g/mol. The maximum absolute atomic E-state index is 13.4. The number of carbonyl (C=O) groups excluding carboxylic acids is 2. The fourth-order valence-corrected chi connectivity index (χ4v) is 4.82. The third-order valence-corrected chi connectivity index (χ3v) is 7.66. The second kappa shape index (κ2) is 10.9. The molecule has 0 atom stereocenters. The quantitative estimate of drug-likeness (QED) is 0.552. The zero-order valence-electron chi connectivity index (χ0n) is 23.1. The minimum atomic E-state index is -1.02. The summed E-state index contributed by atoms with van der Waals surface area (Å²) in [4.78, 5) is 30.0. The highest BCUT2D eigenvalue weighted by Crippen LogP contribution is 2.32. The van der Waals surface area contributed by atoms with Gasteiger partial charge < -0.3 is 20.7 Å². The van der Waals surface area contributed by atoms with E-state index < -0.39 is 5.60 Å². The molecule has 1 heterocycles. The first kappa shape index (κ1) is 27.5. The van der Waals surface area contributed by atoms with E-state index >= 15 is 0 Å². The third-order valence-electron chi connectivity index (χ3n) is 7.66. The molecule has 2 aromatic carbocycles. The fraction of sp³-hybridized carbons (Fsp3) is 0.517. The minimum Gasteiger partial charge on any atom is -0.478 e. The number of likely N-dealkylation sites (tertiary alicyclic amines) is 1. The number of piperidine rings is 1. The van der Waals surface area contributed by atoms with Crippen molar-refractivity contribution in [3.8, 4) is 5.75 Å². The highest BCUT2D eigenvalue weighted by molar-refractivity contribution is 5.93. The molecule has 0 aromatic heterocycles. The number of nitrogens with two attached hydrogens (primary N) is 1. The van der Waals surface area contributed by atoms with E-state index in [2.05, 4.69) is 10.2 Å². The molecule has 3 rings (SSSR count). The Balaban J connectivity index is 1.56. The van der Waals surface area contributed by atoms with Gasteiger partial charge in [-0.25, -0.2) is 0 Å². The zero-order valence-corrected chi connectivity index (χ0v) is 23.1.